The van der Waals surface area contributed by atoms with Crippen molar-refractivity contribution in [2.75, 3.05) is 52.9 Å². The summed E-state index contributed by atoms with van der Waals surface area (Å²) >= 11 is 3.64. The number of nitrogens with zero attached hydrogens (tertiary/aromatic N) is 4. The Labute approximate surface area is 177 Å². The highest BCUT2D eigenvalue weighted by Gasteiger charge is 2.31. The molecule has 1 aromatic rings. The van der Waals surface area contributed by atoms with Gasteiger partial charge in [-0.3, -0.25) is 14.8 Å². The first-order valence-electron chi connectivity index (χ1n) is 8.86. The van der Waals surface area contributed by atoms with E-state index >= 15 is 0 Å². The summed E-state index contributed by atoms with van der Waals surface area (Å²) < 4.78 is 1.15. The Kier molecular flexibility index (Phi) is 8.44. The van der Waals surface area contributed by atoms with E-state index in [0.717, 1.165) is 36.6 Å². The number of halogens is 2. The molecule has 0 radical (unpaired) electrons. The lowest BCUT2D eigenvalue weighted by atomic mass is 10.1. The van der Waals surface area contributed by atoms with Gasteiger partial charge in [0, 0.05) is 63.4 Å². The molecule has 1 N–H and O–H groups in total. The molecule has 4 rings (SSSR count). The Morgan fingerprint density at radius 2 is 2.00 bits per heavy atom. The van der Waals surface area contributed by atoms with Crippen LogP contribution < -0.4 is 5.32 Å². The van der Waals surface area contributed by atoms with E-state index in [2.05, 4.69) is 74.2 Å². The van der Waals surface area contributed by atoms with Crippen LogP contribution in [0, 0.1) is 0 Å². The molecule has 3 aliphatic rings. The Hall–Kier alpha value is -0.380. The van der Waals surface area contributed by atoms with Gasteiger partial charge in [-0.1, -0.05) is 34.1 Å². The van der Waals surface area contributed by atoms with Crippen LogP contribution in [0.25, 0.3) is 0 Å². The normalized spacial score (nSPS) is 25.4. The van der Waals surface area contributed by atoms with Crippen LogP contribution in [0.2, 0.25) is 0 Å². The summed E-state index contributed by atoms with van der Waals surface area (Å²) in [4.78, 5) is 12.3. The predicted octanol–water partition coefficient (Wildman–Crippen LogP) is 2.46. The topological polar surface area (TPSA) is 34.1 Å². The Morgan fingerprint density at radius 3 is 2.60 bits per heavy atom. The van der Waals surface area contributed by atoms with Crippen molar-refractivity contribution in [3.8, 4) is 0 Å². The van der Waals surface area contributed by atoms with Crippen LogP contribution in [0.15, 0.2) is 33.7 Å². The highest BCUT2D eigenvalue weighted by molar-refractivity contribution is 14.0. The molecule has 3 aliphatic heterocycles. The van der Waals surface area contributed by atoms with Crippen molar-refractivity contribution in [3.63, 3.8) is 0 Å². The second-order valence-electron chi connectivity index (χ2n) is 6.63. The van der Waals surface area contributed by atoms with Crippen molar-refractivity contribution in [2.24, 2.45) is 4.99 Å². The summed E-state index contributed by atoms with van der Waals surface area (Å²) in [5, 5.41) is 3.43. The molecule has 2 bridgehead atoms. The van der Waals surface area contributed by atoms with Crippen LogP contribution in [0.3, 0.4) is 0 Å². The Bertz CT molecular complexity index is 574. The van der Waals surface area contributed by atoms with Crippen LogP contribution in [-0.2, 0) is 6.54 Å². The van der Waals surface area contributed by atoms with Gasteiger partial charge in [-0.2, -0.15) is 0 Å². The van der Waals surface area contributed by atoms with Gasteiger partial charge in [0.15, 0.2) is 5.96 Å². The summed E-state index contributed by atoms with van der Waals surface area (Å²) in [6.45, 7) is 10.7. The van der Waals surface area contributed by atoms with Gasteiger partial charge >= 0.3 is 0 Å². The molecular formula is C18H29BrIN5. The quantitative estimate of drug-likeness (QED) is 0.367. The lowest BCUT2D eigenvalue weighted by molar-refractivity contribution is 0.0173. The number of piperazine rings is 3. The number of aliphatic imine (C=N–C) groups is 1. The van der Waals surface area contributed by atoms with Crippen molar-refractivity contribution in [3.05, 3.63) is 34.3 Å². The fraction of sp³-hybridized carbons (Fsp3) is 0.611. The highest BCUT2D eigenvalue weighted by atomic mass is 127. The van der Waals surface area contributed by atoms with Crippen LogP contribution >= 0.6 is 39.9 Å². The smallest absolute Gasteiger partial charge is 0.194 e. The number of nitrogens with one attached hydrogen (secondary N) is 1. The molecule has 0 amide bonds. The predicted molar refractivity (Wildman–Crippen MR) is 119 cm³/mol. The van der Waals surface area contributed by atoms with Crippen LogP contribution in [0.4, 0.5) is 0 Å². The average Bonchev–Trinajstić information content (AvgIpc) is 2.61. The lowest BCUT2D eigenvalue weighted by Gasteiger charge is -2.47. The lowest BCUT2D eigenvalue weighted by Crippen LogP contribution is -2.62. The first-order chi connectivity index (χ1) is 11.7. The molecule has 3 saturated heterocycles. The summed E-state index contributed by atoms with van der Waals surface area (Å²) in [5.41, 5.74) is 1.28. The number of hydrogen-bond acceptors (Lipinski definition) is 3. The third kappa shape index (κ3) is 5.55. The van der Waals surface area contributed by atoms with Crippen molar-refractivity contribution < 1.29 is 0 Å². The number of benzene rings is 1. The zero-order valence-electron chi connectivity index (χ0n) is 15.1. The summed E-state index contributed by atoms with van der Waals surface area (Å²) in [6, 6.07) is 8.95. The van der Waals surface area contributed by atoms with Crippen molar-refractivity contribution in [2.45, 2.75) is 19.5 Å². The van der Waals surface area contributed by atoms with Crippen molar-refractivity contribution >= 4 is 45.9 Å². The Balaban J connectivity index is 0.00000225. The fourth-order valence-electron chi connectivity index (χ4n) is 3.52. The standard InChI is InChI=1S/C18H28BrN5.HI/c1-3-20-18(22(2)13-15-6-4-5-7-17(15)19)21-12-16-14-23-8-10-24(16)11-9-23;/h4-7,16H,3,8-14H2,1-2H3,(H,20,21);1H. The van der Waals surface area contributed by atoms with Gasteiger partial charge in [-0.25, -0.2) is 0 Å². The second-order valence-corrected chi connectivity index (χ2v) is 7.49. The van der Waals surface area contributed by atoms with E-state index in [4.69, 9.17) is 4.99 Å². The maximum absolute atomic E-state index is 4.93. The van der Waals surface area contributed by atoms with Gasteiger partial charge in [0.05, 0.1) is 6.54 Å². The number of hydrogen-bond donors (Lipinski definition) is 1. The second kappa shape index (κ2) is 10.1. The van der Waals surface area contributed by atoms with Gasteiger partial charge in [-0.05, 0) is 18.6 Å². The molecule has 3 heterocycles. The first-order valence-corrected chi connectivity index (χ1v) is 9.66. The molecule has 0 saturated carbocycles. The van der Waals surface area contributed by atoms with Crippen LogP contribution in [0.1, 0.15) is 12.5 Å². The molecule has 0 spiro atoms. The Morgan fingerprint density at radius 1 is 1.28 bits per heavy atom. The third-order valence-electron chi connectivity index (χ3n) is 4.91. The highest BCUT2D eigenvalue weighted by Crippen LogP contribution is 2.18. The molecule has 0 aromatic heterocycles. The van der Waals surface area contributed by atoms with E-state index in [1.165, 1.54) is 31.7 Å². The maximum atomic E-state index is 4.93. The van der Waals surface area contributed by atoms with E-state index in [1.807, 2.05) is 0 Å². The van der Waals surface area contributed by atoms with Crippen molar-refractivity contribution in [1.82, 2.24) is 20.0 Å². The SMILES string of the molecule is CCNC(=NCC1CN2CCN1CC2)N(C)Cc1ccccc1Br.I. The molecule has 1 unspecified atom stereocenters. The summed E-state index contributed by atoms with van der Waals surface area (Å²) in [6.07, 6.45) is 0. The number of fused-ring (bicyclic) bond motifs is 3. The van der Waals surface area contributed by atoms with Crippen LogP contribution in [0.5, 0.6) is 0 Å². The molecule has 0 aliphatic carbocycles. The molecule has 140 valence electrons. The van der Waals surface area contributed by atoms with Crippen molar-refractivity contribution in [1.29, 1.82) is 0 Å². The van der Waals surface area contributed by atoms with Crippen LogP contribution in [-0.4, -0.2) is 79.6 Å². The average molecular weight is 522 g/mol. The minimum atomic E-state index is 0. The molecule has 1 aromatic carbocycles. The minimum absolute atomic E-state index is 0. The fourth-order valence-corrected chi connectivity index (χ4v) is 3.93. The molecule has 7 heteroatoms. The molecular weight excluding hydrogens is 493 g/mol. The zero-order valence-corrected chi connectivity index (χ0v) is 19.0. The summed E-state index contributed by atoms with van der Waals surface area (Å²) in [5.74, 6) is 0.992. The first kappa shape index (κ1) is 20.9. The molecule has 3 fully saturated rings. The van der Waals surface area contributed by atoms with E-state index in [9.17, 15) is 0 Å². The largest absolute Gasteiger partial charge is 0.357 e. The number of guanidine groups is 1. The van der Waals surface area contributed by atoms with Gasteiger partial charge in [0.25, 0.3) is 0 Å². The summed E-state index contributed by atoms with van der Waals surface area (Å²) in [7, 11) is 2.11. The van der Waals surface area contributed by atoms with Gasteiger partial charge in [0.2, 0.25) is 0 Å². The van der Waals surface area contributed by atoms with E-state index in [0.29, 0.717) is 6.04 Å². The molecule has 5 nitrogen and oxygen atoms in total. The zero-order chi connectivity index (χ0) is 16.9. The monoisotopic (exact) mass is 521 g/mol. The van der Waals surface area contributed by atoms with Gasteiger partial charge in [0.1, 0.15) is 0 Å². The van der Waals surface area contributed by atoms with E-state index in [1.54, 1.807) is 0 Å². The minimum Gasteiger partial charge on any atom is -0.357 e. The molecule has 1 atom stereocenters. The van der Waals surface area contributed by atoms with Gasteiger partial charge < -0.3 is 10.2 Å². The maximum Gasteiger partial charge on any atom is 0.194 e. The van der Waals surface area contributed by atoms with E-state index in [-0.39, 0.29) is 24.0 Å². The van der Waals surface area contributed by atoms with Gasteiger partial charge in [-0.15, -0.1) is 24.0 Å². The third-order valence-corrected chi connectivity index (χ3v) is 5.68. The molecule has 25 heavy (non-hydrogen) atoms. The number of rotatable bonds is 5. The van der Waals surface area contributed by atoms with E-state index < -0.39 is 0 Å².